The predicted molar refractivity (Wildman–Crippen MR) is 112 cm³/mol. The van der Waals surface area contributed by atoms with E-state index in [1.54, 1.807) is 0 Å². The Kier molecular flexibility index (Phi) is 4.83. The number of carbonyl (C=O) groups is 1. The number of alkyl halides is 3. The van der Waals surface area contributed by atoms with Gasteiger partial charge in [0.05, 0.1) is 40.9 Å². The van der Waals surface area contributed by atoms with Crippen molar-refractivity contribution >= 4 is 40.4 Å². The van der Waals surface area contributed by atoms with Gasteiger partial charge in [0.1, 0.15) is 5.41 Å². The second-order valence-electron chi connectivity index (χ2n) is 7.72. The normalized spacial score (nSPS) is 20.2. The average molecular weight is 497 g/mol. The molecule has 0 saturated heterocycles. The summed E-state index contributed by atoms with van der Waals surface area (Å²) in [5.41, 5.74) is -2.01. The zero-order valence-corrected chi connectivity index (χ0v) is 18.2. The minimum atomic E-state index is -4.65. The Bertz CT molecular complexity index is 1390. The number of aromatic nitrogens is 7. The number of anilines is 1. The van der Waals surface area contributed by atoms with Crippen molar-refractivity contribution in [3.63, 3.8) is 0 Å². The molecular formula is C19H13Cl2F3N8O. The predicted octanol–water partition coefficient (Wildman–Crippen LogP) is 3.96. The van der Waals surface area contributed by atoms with Gasteiger partial charge in [-0.1, -0.05) is 23.2 Å². The summed E-state index contributed by atoms with van der Waals surface area (Å²) in [5.74, 6) is -1.57. The van der Waals surface area contributed by atoms with Crippen molar-refractivity contribution in [2.24, 2.45) is 0 Å². The molecule has 0 saturated carbocycles. The molecule has 0 fully saturated rings. The minimum absolute atomic E-state index is 0.000744. The van der Waals surface area contributed by atoms with Crippen molar-refractivity contribution < 1.29 is 18.0 Å². The van der Waals surface area contributed by atoms with Gasteiger partial charge in [0.25, 0.3) is 0 Å². The molecule has 0 radical (unpaired) electrons. The Morgan fingerprint density at radius 1 is 1.18 bits per heavy atom. The molecule has 33 heavy (non-hydrogen) atoms. The zero-order chi connectivity index (χ0) is 23.5. The van der Waals surface area contributed by atoms with Crippen LogP contribution in [0, 0.1) is 0 Å². The Morgan fingerprint density at radius 3 is 2.58 bits per heavy atom. The molecule has 0 spiro atoms. The summed E-state index contributed by atoms with van der Waals surface area (Å²) in [6, 6.07) is 2.77. The van der Waals surface area contributed by atoms with Crippen LogP contribution in [0.5, 0.6) is 0 Å². The number of hydrogen-bond acceptors (Lipinski definition) is 6. The van der Waals surface area contributed by atoms with Crippen LogP contribution in [0.2, 0.25) is 10.2 Å². The second kappa shape index (κ2) is 7.39. The first kappa shape index (κ1) is 21.6. The molecule has 4 aromatic heterocycles. The molecule has 0 unspecified atom stereocenters. The fourth-order valence-electron chi connectivity index (χ4n) is 4.03. The third kappa shape index (κ3) is 3.40. The van der Waals surface area contributed by atoms with E-state index < -0.39 is 29.8 Å². The molecule has 14 heteroatoms. The van der Waals surface area contributed by atoms with Gasteiger partial charge in [-0.25, -0.2) is 14.5 Å². The molecule has 0 aromatic carbocycles. The fraction of sp³-hybridized carbons (Fsp3) is 0.263. The Labute approximate surface area is 193 Å². The van der Waals surface area contributed by atoms with Crippen molar-refractivity contribution in [1.29, 1.82) is 0 Å². The Balaban J connectivity index is 1.51. The van der Waals surface area contributed by atoms with Crippen LogP contribution in [-0.4, -0.2) is 46.7 Å². The minimum Gasteiger partial charge on any atom is -0.324 e. The highest BCUT2D eigenvalue weighted by molar-refractivity contribution is 6.32. The monoisotopic (exact) mass is 496 g/mol. The summed E-state index contributed by atoms with van der Waals surface area (Å²) in [4.78, 5) is 22.6. The first-order valence-corrected chi connectivity index (χ1v) is 10.3. The second-order valence-corrected chi connectivity index (χ2v) is 8.52. The average Bonchev–Trinajstić information content (AvgIpc) is 3.45. The van der Waals surface area contributed by atoms with Crippen molar-refractivity contribution in [2.75, 3.05) is 5.32 Å². The van der Waals surface area contributed by atoms with E-state index >= 15 is 0 Å². The zero-order valence-electron chi connectivity index (χ0n) is 16.7. The van der Waals surface area contributed by atoms with Crippen LogP contribution in [0.25, 0.3) is 11.5 Å². The van der Waals surface area contributed by atoms with Crippen molar-refractivity contribution in [2.45, 2.75) is 30.9 Å². The lowest BCUT2D eigenvalue weighted by molar-refractivity contribution is -0.187. The van der Waals surface area contributed by atoms with Gasteiger partial charge in [-0.2, -0.15) is 28.5 Å². The lowest BCUT2D eigenvalue weighted by Crippen LogP contribution is -2.39. The van der Waals surface area contributed by atoms with E-state index in [1.165, 1.54) is 41.7 Å². The summed E-state index contributed by atoms with van der Waals surface area (Å²) in [6.45, 7) is 1.04. The van der Waals surface area contributed by atoms with Gasteiger partial charge in [0, 0.05) is 17.8 Å². The number of rotatable bonds is 3. The van der Waals surface area contributed by atoms with Crippen molar-refractivity contribution in [3.05, 3.63) is 58.4 Å². The molecular weight excluding hydrogens is 484 g/mol. The van der Waals surface area contributed by atoms with Gasteiger partial charge in [0.15, 0.2) is 16.6 Å². The van der Waals surface area contributed by atoms with Gasteiger partial charge in [-0.3, -0.25) is 4.79 Å². The van der Waals surface area contributed by atoms with Crippen molar-refractivity contribution in [1.82, 2.24) is 34.6 Å². The molecule has 2 atom stereocenters. The van der Waals surface area contributed by atoms with Crippen LogP contribution in [-0.2, 0) is 10.2 Å². The van der Waals surface area contributed by atoms with Gasteiger partial charge < -0.3 is 5.32 Å². The third-order valence-electron chi connectivity index (χ3n) is 5.63. The van der Waals surface area contributed by atoms with Crippen molar-refractivity contribution in [3.8, 4) is 5.82 Å². The molecule has 1 aliphatic carbocycles. The van der Waals surface area contributed by atoms with E-state index in [1.807, 2.05) is 0 Å². The largest absolute Gasteiger partial charge is 0.399 e. The number of fused-ring (bicyclic) bond motifs is 3. The van der Waals surface area contributed by atoms with Crippen LogP contribution in [0.15, 0.2) is 36.9 Å². The molecule has 1 aliphatic rings. The molecule has 170 valence electrons. The number of hydrogen-bond donors (Lipinski definition) is 1. The molecule has 1 amide bonds. The van der Waals surface area contributed by atoms with Crippen LogP contribution in [0.1, 0.15) is 30.5 Å². The molecule has 0 bridgehead atoms. The number of halogens is 5. The van der Waals surface area contributed by atoms with Gasteiger partial charge >= 0.3 is 6.18 Å². The number of pyridine rings is 1. The van der Waals surface area contributed by atoms with Gasteiger partial charge in [-0.15, -0.1) is 4.80 Å². The molecule has 9 nitrogen and oxygen atoms in total. The molecule has 1 N–H and O–H groups in total. The topological polar surface area (TPSA) is 103 Å². The summed E-state index contributed by atoms with van der Waals surface area (Å²) in [7, 11) is 0. The first-order valence-electron chi connectivity index (χ1n) is 9.53. The fourth-order valence-corrected chi connectivity index (χ4v) is 4.44. The number of nitrogens with zero attached hydrogens (tertiary/aromatic N) is 7. The van der Waals surface area contributed by atoms with Crippen LogP contribution in [0.4, 0.5) is 18.9 Å². The smallest absolute Gasteiger partial charge is 0.324 e. The summed E-state index contributed by atoms with van der Waals surface area (Å²) in [5, 5.41) is 14.6. The van der Waals surface area contributed by atoms with E-state index in [0.29, 0.717) is 0 Å². The van der Waals surface area contributed by atoms with Gasteiger partial charge in [0.2, 0.25) is 5.91 Å². The SMILES string of the molecule is C[C@@]1(C(F)(F)F)C[C@H](C(=O)Nc2cnc(-n3nccn3)c(Cl)c2)c2cnc3cc(Cl)nn3c21. The van der Waals surface area contributed by atoms with Crippen LogP contribution < -0.4 is 5.32 Å². The number of nitrogens with one attached hydrogen (secondary N) is 1. The maximum absolute atomic E-state index is 14.2. The highest BCUT2D eigenvalue weighted by Gasteiger charge is 2.60. The summed E-state index contributed by atoms with van der Waals surface area (Å²) >= 11 is 12.1. The van der Waals surface area contributed by atoms with Crippen LogP contribution in [0.3, 0.4) is 0 Å². The maximum Gasteiger partial charge on any atom is 0.399 e. The third-order valence-corrected chi connectivity index (χ3v) is 6.09. The first-order chi connectivity index (χ1) is 15.6. The van der Waals surface area contributed by atoms with E-state index in [2.05, 4.69) is 30.6 Å². The maximum atomic E-state index is 14.2. The molecule has 0 aliphatic heterocycles. The lowest BCUT2D eigenvalue weighted by atomic mass is 9.85. The van der Waals surface area contributed by atoms with E-state index in [-0.39, 0.29) is 38.6 Å². The molecule has 4 aromatic rings. The Morgan fingerprint density at radius 2 is 1.91 bits per heavy atom. The molecule has 5 rings (SSSR count). The van der Waals surface area contributed by atoms with Gasteiger partial charge in [-0.05, 0) is 19.4 Å². The standard InChI is InChI=1S/C19H13Cl2F3N8O/c1-18(19(22,23)24)6-10(11-8-25-14-5-13(21)30-31(14)15(11)18)17(33)29-9-4-12(20)16(26-7-9)32-27-2-3-28-32/h2-5,7-8,10H,6H2,1H3,(H,29,33)/t10-,18+/m0/s1. The Hall–Kier alpha value is -3.25. The van der Waals surface area contributed by atoms with E-state index in [9.17, 15) is 18.0 Å². The summed E-state index contributed by atoms with van der Waals surface area (Å²) < 4.78 is 43.6. The quantitative estimate of drug-likeness (QED) is 0.460. The highest BCUT2D eigenvalue weighted by Crippen LogP contribution is 2.54. The van der Waals surface area contributed by atoms with Crippen LogP contribution >= 0.6 is 23.2 Å². The number of carbonyl (C=O) groups excluding carboxylic acids is 1. The lowest BCUT2D eigenvalue weighted by Gasteiger charge is -2.28. The van der Waals surface area contributed by atoms with E-state index in [0.717, 1.165) is 11.4 Å². The molecule has 4 heterocycles. The van der Waals surface area contributed by atoms with E-state index in [4.69, 9.17) is 23.2 Å². The summed E-state index contributed by atoms with van der Waals surface area (Å²) in [6.07, 6.45) is 0.304. The number of amides is 1. The highest BCUT2D eigenvalue weighted by atomic mass is 35.5.